The van der Waals surface area contributed by atoms with Crippen molar-refractivity contribution in [1.29, 1.82) is 0 Å². The molecule has 0 aliphatic heterocycles. The number of benzene rings is 1. The number of hydrogen-bond acceptors (Lipinski definition) is 3. The number of alkyl halides is 3. The van der Waals surface area contributed by atoms with Gasteiger partial charge in [0, 0.05) is 5.75 Å². The van der Waals surface area contributed by atoms with Crippen LogP contribution >= 0.6 is 0 Å². The third kappa shape index (κ3) is 18.6. The number of halogens is 3. The van der Waals surface area contributed by atoms with Crippen LogP contribution in [-0.2, 0) is 4.79 Å². The van der Waals surface area contributed by atoms with Gasteiger partial charge in [0.1, 0.15) is 0 Å². The maximum absolute atomic E-state index is 10.3. The summed E-state index contributed by atoms with van der Waals surface area (Å²) in [5.41, 5.74) is 0.788. The topological polar surface area (TPSA) is 49.7 Å². The second-order valence-electron chi connectivity index (χ2n) is 5.92. The molecular weight excluding hydrogens is 382 g/mol. The van der Waals surface area contributed by atoms with Crippen molar-refractivity contribution < 1.29 is 74.5 Å². The minimum Gasteiger partial charge on any atom is -0.533 e. The van der Waals surface area contributed by atoms with Crippen molar-refractivity contribution in [2.75, 3.05) is 0 Å². The molecule has 0 atom stereocenters. The van der Waals surface area contributed by atoms with Crippen molar-refractivity contribution in [2.45, 2.75) is 52.6 Å². The third-order valence-electron chi connectivity index (χ3n) is 3.48. The molecular formula is C20H25F3KNO2-2. The van der Waals surface area contributed by atoms with Crippen LogP contribution in [0.4, 0.5) is 13.2 Å². The monoisotopic (exact) mass is 407 g/mol. The second-order valence-corrected chi connectivity index (χ2v) is 5.92. The predicted octanol–water partition coefficient (Wildman–Crippen LogP) is 2.54. The average Bonchev–Trinajstić information content (AvgIpc) is 2.60. The summed E-state index contributed by atoms with van der Waals surface area (Å²) in [6.45, 7) is 0.379. The second kappa shape index (κ2) is 18.9. The Labute approximate surface area is 202 Å². The van der Waals surface area contributed by atoms with Gasteiger partial charge in [-0.25, -0.2) is 0 Å². The summed E-state index contributed by atoms with van der Waals surface area (Å²) in [6.07, 6.45) is 12.7. The van der Waals surface area contributed by atoms with Gasteiger partial charge in [0.25, 0.3) is 0 Å². The molecule has 1 aromatic rings. The normalized spacial score (nSPS) is 14.7. The zero-order valence-electron chi connectivity index (χ0n) is 16.1. The number of phenolic OH excluding ortho intramolecular Hbond substituents is 1. The fourth-order valence-electron chi connectivity index (χ4n) is 2.16. The van der Waals surface area contributed by atoms with Crippen molar-refractivity contribution in [3.05, 3.63) is 42.1 Å². The van der Waals surface area contributed by atoms with E-state index in [1.54, 1.807) is 30.6 Å². The number of aromatic hydroxyl groups is 1. The van der Waals surface area contributed by atoms with Gasteiger partial charge in [-0.15, -0.1) is 17.8 Å². The molecule has 0 radical (unpaired) electrons. The SMILES string of the molecule is CC(C)/C(=C/[C-]=O)N=[C-]C1CCCCC1.FC(F)F.Oc1cc[c-]cc1.[K+]. The Hall–Kier alpha value is -0.474. The van der Waals surface area contributed by atoms with E-state index in [-0.39, 0.29) is 57.3 Å². The minimum atomic E-state index is -3.67. The Balaban J connectivity index is 0. The number of hydrogen-bond donors (Lipinski definition) is 1. The van der Waals surface area contributed by atoms with Crippen LogP contribution in [0.5, 0.6) is 5.75 Å². The van der Waals surface area contributed by atoms with Crippen LogP contribution in [0.15, 0.2) is 41.0 Å². The van der Waals surface area contributed by atoms with E-state index in [2.05, 4.69) is 17.3 Å². The van der Waals surface area contributed by atoms with Crippen LogP contribution in [0.1, 0.15) is 46.0 Å². The molecule has 0 aromatic heterocycles. The zero-order chi connectivity index (χ0) is 19.8. The van der Waals surface area contributed by atoms with E-state index < -0.39 is 6.68 Å². The molecule has 1 saturated carbocycles. The predicted molar refractivity (Wildman–Crippen MR) is 96.7 cm³/mol. The fourth-order valence-corrected chi connectivity index (χ4v) is 2.16. The van der Waals surface area contributed by atoms with E-state index >= 15 is 0 Å². The van der Waals surface area contributed by atoms with Crippen molar-refractivity contribution in [2.24, 2.45) is 16.8 Å². The summed E-state index contributed by atoms with van der Waals surface area (Å²) in [4.78, 5) is 14.6. The van der Waals surface area contributed by atoms with Gasteiger partial charge in [0.15, 0.2) is 0 Å². The minimum absolute atomic E-state index is 0. The summed E-state index contributed by atoms with van der Waals surface area (Å²) in [5.74, 6) is 1.05. The quantitative estimate of drug-likeness (QED) is 0.361. The molecule has 146 valence electrons. The van der Waals surface area contributed by atoms with Gasteiger partial charge < -0.3 is 14.9 Å². The smallest absolute Gasteiger partial charge is 0.533 e. The Kier molecular flexibility index (Phi) is 20.1. The van der Waals surface area contributed by atoms with Gasteiger partial charge in [-0.2, -0.15) is 43.7 Å². The van der Waals surface area contributed by atoms with Crippen LogP contribution in [-0.4, -0.2) is 24.3 Å². The number of rotatable bonds is 4. The molecule has 1 fully saturated rings. The molecule has 2 rings (SSSR count). The Morgan fingerprint density at radius 1 is 1.22 bits per heavy atom. The summed E-state index contributed by atoms with van der Waals surface area (Å²) < 4.78 is 29.0. The molecule has 1 aliphatic carbocycles. The maximum Gasteiger partial charge on any atom is 1.00 e. The van der Waals surface area contributed by atoms with Crippen LogP contribution in [0.25, 0.3) is 0 Å². The van der Waals surface area contributed by atoms with Crippen molar-refractivity contribution in [3.63, 3.8) is 0 Å². The molecule has 0 bridgehead atoms. The molecule has 0 spiro atoms. The number of carbonyl (C=O) groups excluding carboxylic acids is 1. The fraction of sp³-hybridized carbons (Fsp3) is 0.500. The van der Waals surface area contributed by atoms with E-state index in [1.165, 1.54) is 38.2 Å². The van der Waals surface area contributed by atoms with Crippen molar-refractivity contribution >= 4 is 12.5 Å². The Morgan fingerprint density at radius 3 is 2.11 bits per heavy atom. The van der Waals surface area contributed by atoms with E-state index in [4.69, 9.17) is 5.11 Å². The number of nitrogens with zero attached hydrogens (tertiary/aromatic N) is 1. The molecule has 0 heterocycles. The van der Waals surface area contributed by atoms with E-state index in [0.29, 0.717) is 11.7 Å². The van der Waals surface area contributed by atoms with Crippen LogP contribution in [0, 0.1) is 17.9 Å². The van der Waals surface area contributed by atoms with Crippen LogP contribution in [0.3, 0.4) is 0 Å². The van der Waals surface area contributed by atoms with E-state index in [0.717, 1.165) is 5.70 Å². The molecule has 0 amide bonds. The first-order valence-electron chi connectivity index (χ1n) is 8.48. The molecule has 3 nitrogen and oxygen atoms in total. The maximum atomic E-state index is 10.3. The van der Waals surface area contributed by atoms with E-state index in [1.807, 2.05) is 13.8 Å². The number of allylic oxidation sites excluding steroid dienone is 2. The van der Waals surface area contributed by atoms with Gasteiger partial charge in [-0.05, 0) is 6.29 Å². The van der Waals surface area contributed by atoms with Crippen molar-refractivity contribution in [1.82, 2.24) is 0 Å². The van der Waals surface area contributed by atoms with Gasteiger partial charge in [-0.3, -0.25) is 0 Å². The van der Waals surface area contributed by atoms with Crippen LogP contribution < -0.4 is 51.4 Å². The number of phenols is 1. The summed E-state index contributed by atoms with van der Waals surface area (Å²) in [6, 6.07) is 9.26. The molecule has 0 unspecified atom stereocenters. The Morgan fingerprint density at radius 2 is 1.74 bits per heavy atom. The Bertz CT molecular complexity index is 529. The number of aliphatic imine (C=N–C) groups is 1. The first-order valence-corrected chi connectivity index (χ1v) is 8.48. The van der Waals surface area contributed by atoms with Gasteiger partial charge in [-0.1, -0.05) is 57.8 Å². The third-order valence-corrected chi connectivity index (χ3v) is 3.48. The summed E-state index contributed by atoms with van der Waals surface area (Å²) in [5, 5.41) is 8.61. The standard InChI is InChI=1S/C13H19NO.C6H5O.CHF3.K/c1-11(2)13(8-9-15)14-10-12-6-4-3-5-7-12;7-6-4-2-1-3-5-6;2-1(3)4;/h8,11-12H,3-7H2,1-2H3;2-5,7H;1H;/q-2;-1;;+1/b13-8-;;;. The first-order chi connectivity index (χ1) is 12.4. The molecule has 1 aromatic carbocycles. The van der Waals surface area contributed by atoms with Crippen molar-refractivity contribution in [3.8, 4) is 5.75 Å². The molecule has 7 heteroatoms. The molecule has 1 aliphatic rings. The summed E-state index contributed by atoms with van der Waals surface area (Å²) in [7, 11) is 0. The molecule has 1 N–H and O–H groups in total. The molecule has 0 saturated heterocycles. The largest absolute Gasteiger partial charge is 1.00 e. The summed E-state index contributed by atoms with van der Waals surface area (Å²) >= 11 is 0. The zero-order valence-corrected chi connectivity index (χ0v) is 19.2. The first kappa shape index (κ1) is 28.7. The van der Waals surface area contributed by atoms with Gasteiger partial charge >= 0.3 is 58.1 Å². The average molecular weight is 408 g/mol. The van der Waals surface area contributed by atoms with Crippen LogP contribution in [0.2, 0.25) is 0 Å². The van der Waals surface area contributed by atoms with E-state index in [9.17, 15) is 18.0 Å². The molecule has 27 heavy (non-hydrogen) atoms. The van der Waals surface area contributed by atoms with Gasteiger partial charge in [0.05, 0.1) is 0 Å². The van der Waals surface area contributed by atoms with Gasteiger partial charge in [0.2, 0.25) is 0 Å².